The lowest BCUT2D eigenvalue weighted by atomic mass is 10.1. The summed E-state index contributed by atoms with van der Waals surface area (Å²) in [5.41, 5.74) is 7.35. The summed E-state index contributed by atoms with van der Waals surface area (Å²) in [6, 6.07) is 16.2. The highest BCUT2D eigenvalue weighted by atomic mass is 32.2. The Balaban J connectivity index is 1.86. The largest absolute Gasteiger partial charge is 0.411 e. The quantitative estimate of drug-likeness (QED) is 0.451. The minimum Gasteiger partial charge on any atom is -0.392 e. The Bertz CT molecular complexity index is 893. The number of amides is 1. The van der Waals surface area contributed by atoms with E-state index in [1.807, 2.05) is 36.4 Å². The zero-order valence-corrected chi connectivity index (χ0v) is 16.3. The van der Waals surface area contributed by atoms with Gasteiger partial charge in [-0.05, 0) is 42.8 Å². The predicted octanol–water partition coefficient (Wildman–Crippen LogP) is 5.06. The van der Waals surface area contributed by atoms with Gasteiger partial charge < -0.3 is 20.8 Å². The first kappa shape index (κ1) is 19.3. The third-order valence-electron chi connectivity index (χ3n) is 4.24. The molecule has 27 heavy (non-hydrogen) atoms. The number of nitrogens with two attached hydrogens (primary N) is 1. The van der Waals surface area contributed by atoms with E-state index in [0.29, 0.717) is 5.88 Å². The van der Waals surface area contributed by atoms with Crippen molar-refractivity contribution in [2.45, 2.75) is 42.5 Å². The van der Waals surface area contributed by atoms with Crippen LogP contribution in [0.1, 0.15) is 31.7 Å². The van der Waals surface area contributed by atoms with Crippen LogP contribution in [0.4, 0.5) is 4.79 Å². The minimum atomic E-state index is -0.825. The van der Waals surface area contributed by atoms with E-state index in [1.54, 1.807) is 11.8 Å². The van der Waals surface area contributed by atoms with Gasteiger partial charge in [-0.1, -0.05) is 55.8 Å². The average Bonchev–Trinajstić information content (AvgIpc) is 2.98. The van der Waals surface area contributed by atoms with Gasteiger partial charge in [-0.2, -0.15) is 0 Å². The van der Waals surface area contributed by atoms with Gasteiger partial charge in [-0.15, -0.1) is 0 Å². The Kier molecular flexibility index (Phi) is 6.79. The predicted molar refractivity (Wildman–Crippen MR) is 110 cm³/mol. The van der Waals surface area contributed by atoms with Crippen LogP contribution in [-0.2, 0) is 6.54 Å². The van der Waals surface area contributed by atoms with E-state index >= 15 is 0 Å². The molecule has 0 unspecified atom stereocenters. The lowest BCUT2D eigenvalue weighted by Gasteiger charge is -2.06. The second-order valence-electron chi connectivity index (χ2n) is 6.38. The number of fused-ring (bicyclic) bond motifs is 1. The second kappa shape index (κ2) is 9.48. The van der Waals surface area contributed by atoms with Crippen molar-refractivity contribution < 1.29 is 9.53 Å². The monoisotopic (exact) mass is 383 g/mol. The Morgan fingerprint density at radius 2 is 2.00 bits per heavy atom. The maximum absolute atomic E-state index is 11.3. The van der Waals surface area contributed by atoms with Crippen molar-refractivity contribution in [3.05, 3.63) is 54.1 Å². The molecule has 6 heteroatoms. The number of nitrogens with one attached hydrogen (secondary N) is 2. The molecular weight excluding hydrogens is 358 g/mol. The average molecular weight is 384 g/mol. The van der Waals surface area contributed by atoms with Gasteiger partial charge >= 0.3 is 6.09 Å². The molecule has 0 aliphatic rings. The van der Waals surface area contributed by atoms with Crippen LogP contribution in [0.3, 0.4) is 0 Å². The molecule has 1 heterocycles. The van der Waals surface area contributed by atoms with E-state index in [9.17, 15) is 4.79 Å². The van der Waals surface area contributed by atoms with Gasteiger partial charge in [0.2, 0.25) is 5.88 Å². The molecule has 0 fully saturated rings. The highest BCUT2D eigenvalue weighted by Gasteiger charge is 2.16. The molecule has 0 saturated heterocycles. The minimum absolute atomic E-state index is 0.388. The number of primary amides is 1. The van der Waals surface area contributed by atoms with Gasteiger partial charge in [-0.25, -0.2) is 4.79 Å². The Labute approximate surface area is 163 Å². The van der Waals surface area contributed by atoms with Crippen molar-refractivity contribution in [3.63, 3.8) is 0 Å². The normalized spacial score (nSPS) is 11.0. The van der Waals surface area contributed by atoms with Crippen molar-refractivity contribution in [2.24, 2.45) is 5.73 Å². The highest BCUT2D eigenvalue weighted by molar-refractivity contribution is 7.99. The first-order valence-corrected chi connectivity index (χ1v) is 10.0. The molecule has 0 saturated carbocycles. The number of unbranched alkanes of at least 4 members (excludes halogenated alkanes) is 2. The standard InChI is InChI=1S/C21H25N3O2S/c1-2-3-7-12-23-14-15-10-11-18-17(13-15)19(20(24-18)26-21(22)25)27-16-8-5-4-6-9-16/h4-6,8-11,13,23-24H,2-3,7,12,14H2,1H3,(H2,22,25). The zero-order chi connectivity index (χ0) is 19.1. The Morgan fingerprint density at radius 1 is 1.19 bits per heavy atom. The van der Waals surface area contributed by atoms with Crippen molar-refractivity contribution in [3.8, 4) is 5.88 Å². The zero-order valence-electron chi connectivity index (χ0n) is 15.5. The van der Waals surface area contributed by atoms with Gasteiger partial charge in [0.15, 0.2) is 0 Å². The fourth-order valence-electron chi connectivity index (χ4n) is 2.91. The number of carbonyl (C=O) groups is 1. The number of hydrogen-bond donors (Lipinski definition) is 3. The molecule has 142 valence electrons. The molecule has 0 aliphatic carbocycles. The third kappa shape index (κ3) is 5.28. The number of aromatic nitrogens is 1. The summed E-state index contributed by atoms with van der Waals surface area (Å²) in [6.07, 6.45) is 2.83. The summed E-state index contributed by atoms with van der Waals surface area (Å²) < 4.78 is 5.21. The maximum atomic E-state index is 11.3. The summed E-state index contributed by atoms with van der Waals surface area (Å²) in [6.45, 7) is 4.03. The molecule has 1 aromatic heterocycles. The van der Waals surface area contributed by atoms with Crippen molar-refractivity contribution in [1.29, 1.82) is 0 Å². The molecule has 1 amide bonds. The molecule has 5 nitrogen and oxygen atoms in total. The lowest BCUT2D eigenvalue weighted by Crippen LogP contribution is -2.16. The first-order chi connectivity index (χ1) is 13.2. The van der Waals surface area contributed by atoms with Crippen molar-refractivity contribution >= 4 is 28.8 Å². The van der Waals surface area contributed by atoms with E-state index in [4.69, 9.17) is 10.5 Å². The molecule has 0 spiro atoms. The number of hydrogen-bond acceptors (Lipinski definition) is 4. The van der Waals surface area contributed by atoms with Crippen molar-refractivity contribution in [2.75, 3.05) is 6.54 Å². The topological polar surface area (TPSA) is 80.1 Å². The van der Waals surface area contributed by atoms with E-state index < -0.39 is 6.09 Å². The fraction of sp³-hybridized carbons (Fsp3) is 0.286. The molecule has 0 bridgehead atoms. The van der Waals surface area contributed by atoms with E-state index in [0.717, 1.165) is 33.8 Å². The fourth-order valence-corrected chi connectivity index (χ4v) is 3.91. The van der Waals surface area contributed by atoms with Gasteiger partial charge in [0.05, 0.1) is 4.90 Å². The third-order valence-corrected chi connectivity index (χ3v) is 5.35. The number of benzene rings is 2. The highest BCUT2D eigenvalue weighted by Crippen LogP contribution is 2.41. The maximum Gasteiger partial charge on any atom is 0.411 e. The first-order valence-electron chi connectivity index (χ1n) is 9.23. The summed E-state index contributed by atoms with van der Waals surface area (Å²) in [4.78, 5) is 16.4. The summed E-state index contributed by atoms with van der Waals surface area (Å²) in [7, 11) is 0. The van der Waals surface area contributed by atoms with E-state index in [-0.39, 0.29) is 0 Å². The number of rotatable bonds is 9. The van der Waals surface area contributed by atoms with Crippen molar-refractivity contribution in [1.82, 2.24) is 10.3 Å². The van der Waals surface area contributed by atoms with Gasteiger partial charge in [-0.3, -0.25) is 0 Å². The molecule has 4 N–H and O–H groups in total. The number of H-pyrrole nitrogens is 1. The molecule has 0 aliphatic heterocycles. The van der Waals surface area contributed by atoms with Crippen LogP contribution >= 0.6 is 11.8 Å². The van der Waals surface area contributed by atoms with Crippen LogP contribution in [0.5, 0.6) is 5.88 Å². The van der Waals surface area contributed by atoms with Gasteiger partial charge in [0.25, 0.3) is 0 Å². The molecule has 3 aromatic rings. The van der Waals surface area contributed by atoms with Crippen LogP contribution in [0.15, 0.2) is 58.3 Å². The smallest absolute Gasteiger partial charge is 0.392 e. The molecule has 2 aromatic carbocycles. The Hall–Kier alpha value is -2.44. The van der Waals surface area contributed by atoms with Crippen LogP contribution in [-0.4, -0.2) is 17.6 Å². The van der Waals surface area contributed by atoms with E-state index in [1.165, 1.54) is 24.8 Å². The van der Waals surface area contributed by atoms with E-state index in [2.05, 4.69) is 29.4 Å². The summed E-state index contributed by atoms with van der Waals surface area (Å²) in [5.74, 6) is 0.388. The molecule has 0 atom stereocenters. The van der Waals surface area contributed by atoms with Gasteiger partial charge in [0.1, 0.15) is 0 Å². The van der Waals surface area contributed by atoms with Crippen LogP contribution in [0, 0.1) is 0 Å². The summed E-state index contributed by atoms with van der Waals surface area (Å²) in [5, 5.41) is 4.51. The SMILES string of the molecule is CCCCCNCc1ccc2[nH]c(OC(N)=O)c(Sc3ccccc3)c2c1. The molecule has 0 radical (unpaired) electrons. The second-order valence-corrected chi connectivity index (χ2v) is 7.47. The number of ether oxygens (including phenoxy) is 1. The molecular formula is C21H25N3O2S. The molecule has 3 rings (SSSR count). The van der Waals surface area contributed by atoms with Crippen LogP contribution in [0.2, 0.25) is 0 Å². The van der Waals surface area contributed by atoms with Crippen LogP contribution in [0.25, 0.3) is 10.9 Å². The van der Waals surface area contributed by atoms with Gasteiger partial charge in [0, 0.05) is 22.3 Å². The summed E-state index contributed by atoms with van der Waals surface area (Å²) >= 11 is 1.55. The Morgan fingerprint density at radius 3 is 2.74 bits per heavy atom. The number of aromatic amines is 1. The number of carbonyl (C=O) groups excluding carboxylic acids is 1. The lowest BCUT2D eigenvalue weighted by molar-refractivity contribution is 0.208. The van der Waals surface area contributed by atoms with Crippen LogP contribution < -0.4 is 15.8 Å².